The molecule has 0 unspecified atom stereocenters. The first kappa shape index (κ1) is 15.1. The molecule has 0 aliphatic rings. The largest absolute Gasteiger partial charge is 0.399 e. The number of nitrogens with two attached hydrogens (primary N) is 1. The van der Waals surface area contributed by atoms with Crippen molar-refractivity contribution in [3.8, 4) is 0 Å². The van der Waals surface area contributed by atoms with Crippen molar-refractivity contribution in [1.82, 2.24) is 4.98 Å². The van der Waals surface area contributed by atoms with Crippen molar-refractivity contribution in [2.45, 2.75) is 11.8 Å². The fourth-order valence-electron chi connectivity index (χ4n) is 1.56. The van der Waals surface area contributed by atoms with E-state index >= 15 is 0 Å². The van der Waals surface area contributed by atoms with Crippen LogP contribution in [0.3, 0.4) is 0 Å². The monoisotopic (exact) mass is 375 g/mol. The van der Waals surface area contributed by atoms with E-state index in [1.54, 1.807) is 6.07 Å². The zero-order valence-electron chi connectivity index (χ0n) is 10.4. The number of anilines is 2. The van der Waals surface area contributed by atoms with Gasteiger partial charge in [0.2, 0.25) is 0 Å². The number of aryl methyl sites for hydroxylation is 1. The van der Waals surface area contributed by atoms with Crippen molar-refractivity contribution in [2.24, 2.45) is 0 Å². The number of halogens is 2. The highest BCUT2D eigenvalue weighted by Gasteiger charge is 2.18. The van der Waals surface area contributed by atoms with Crippen LogP contribution >= 0.6 is 27.5 Å². The maximum atomic E-state index is 12.3. The number of rotatable bonds is 3. The second kappa shape index (κ2) is 5.59. The Hall–Kier alpha value is -1.31. The van der Waals surface area contributed by atoms with Gasteiger partial charge in [-0.1, -0.05) is 11.6 Å². The summed E-state index contributed by atoms with van der Waals surface area (Å²) in [6.07, 6.45) is 1.42. The van der Waals surface area contributed by atoms with Crippen molar-refractivity contribution in [3.05, 3.63) is 45.7 Å². The molecule has 0 saturated carbocycles. The highest BCUT2D eigenvalue weighted by atomic mass is 79.9. The molecule has 0 amide bonds. The van der Waals surface area contributed by atoms with Gasteiger partial charge in [-0.25, -0.2) is 13.4 Å². The van der Waals surface area contributed by atoms with E-state index in [1.807, 2.05) is 6.92 Å². The molecule has 2 rings (SSSR count). The van der Waals surface area contributed by atoms with Gasteiger partial charge in [0, 0.05) is 5.69 Å². The molecule has 0 fully saturated rings. The number of pyridine rings is 1. The summed E-state index contributed by atoms with van der Waals surface area (Å²) in [6, 6.07) is 5.89. The van der Waals surface area contributed by atoms with Gasteiger partial charge in [-0.3, -0.25) is 4.72 Å². The highest BCUT2D eigenvalue weighted by molar-refractivity contribution is 9.10. The molecule has 1 aromatic heterocycles. The number of nitrogens with one attached hydrogen (secondary N) is 1. The number of hydrogen-bond donors (Lipinski definition) is 2. The van der Waals surface area contributed by atoms with Crippen LogP contribution in [0.1, 0.15) is 5.56 Å². The molecule has 2 aromatic rings. The fraction of sp³-hybridized carbons (Fsp3) is 0.0833. The van der Waals surface area contributed by atoms with Gasteiger partial charge in [-0.15, -0.1) is 0 Å². The Morgan fingerprint density at radius 1 is 1.35 bits per heavy atom. The van der Waals surface area contributed by atoms with Crippen molar-refractivity contribution >= 4 is 48.9 Å². The average Bonchev–Trinajstić information content (AvgIpc) is 2.33. The van der Waals surface area contributed by atoms with Crippen molar-refractivity contribution in [1.29, 1.82) is 0 Å². The zero-order chi connectivity index (χ0) is 14.9. The van der Waals surface area contributed by atoms with E-state index in [-0.39, 0.29) is 9.92 Å². The summed E-state index contributed by atoms with van der Waals surface area (Å²) in [6.45, 7) is 1.81. The SMILES string of the molecule is Cc1cc(NS(=O)(=O)c2ccc(N)cc2Cl)cnc1Br. The van der Waals surface area contributed by atoms with Crippen LogP contribution in [0.4, 0.5) is 11.4 Å². The molecule has 0 bridgehead atoms. The minimum Gasteiger partial charge on any atom is -0.399 e. The Balaban J connectivity index is 2.38. The number of benzene rings is 1. The fourth-order valence-corrected chi connectivity index (χ4v) is 3.36. The molecule has 20 heavy (non-hydrogen) atoms. The summed E-state index contributed by atoms with van der Waals surface area (Å²) in [4.78, 5) is 4.00. The Morgan fingerprint density at radius 3 is 2.65 bits per heavy atom. The van der Waals surface area contributed by atoms with Crippen LogP contribution in [-0.4, -0.2) is 13.4 Å². The molecule has 3 N–H and O–H groups in total. The Bertz CT molecular complexity index is 765. The summed E-state index contributed by atoms with van der Waals surface area (Å²) < 4.78 is 27.6. The zero-order valence-corrected chi connectivity index (χ0v) is 13.6. The summed E-state index contributed by atoms with van der Waals surface area (Å²) in [5.41, 5.74) is 7.12. The second-order valence-electron chi connectivity index (χ2n) is 4.13. The number of sulfonamides is 1. The molecule has 0 aliphatic carbocycles. The van der Waals surface area contributed by atoms with Gasteiger partial charge >= 0.3 is 0 Å². The molecular weight excluding hydrogens is 366 g/mol. The van der Waals surface area contributed by atoms with Crippen molar-refractivity contribution in [3.63, 3.8) is 0 Å². The molecule has 0 atom stereocenters. The normalized spacial score (nSPS) is 11.3. The Kier molecular flexibility index (Phi) is 4.22. The lowest BCUT2D eigenvalue weighted by Crippen LogP contribution is -2.14. The molecule has 1 aromatic carbocycles. The molecule has 1 heterocycles. The number of nitrogen functional groups attached to an aromatic ring is 1. The Labute approximate surface area is 130 Å². The van der Waals surface area contributed by atoms with Gasteiger partial charge in [0.05, 0.1) is 16.9 Å². The molecule has 106 valence electrons. The molecule has 0 radical (unpaired) electrons. The number of hydrogen-bond acceptors (Lipinski definition) is 4. The van der Waals surface area contributed by atoms with E-state index in [2.05, 4.69) is 25.6 Å². The lowest BCUT2D eigenvalue weighted by atomic mass is 10.3. The molecule has 0 spiro atoms. The van der Waals surface area contributed by atoms with Crippen LogP contribution in [0.5, 0.6) is 0 Å². The average molecular weight is 377 g/mol. The predicted molar refractivity (Wildman–Crippen MR) is 83.3 cm³/mol. The van der Waals surface area contributed by atoms with Crippen molar-refractivity contribution in [2.75, 3.05) is 10.5 Å². The third kappa shape index (κ3) is 3.23. The van der Waals surface area contributed by atoms with Gasteiger partial charge in [-0.2, -0.15) is 0 Å². The minimum atomic E-state index is -3.78. The molecular formula is C12H11BrClN3O2S. The second-order valence-corrected chi connectivity index (χ2v) is 6.94. The van der Waals surface area contributed by atoms with Gasteiger partial charge < -0.3 is 5.73 Å². The highest BCUT2D eigenvalue weighted by Crippen LogP contribution is 2.26. The number of aromatic nitrogens is 1. The molecule has 0 aliphatic heterocycles. The van der Waals surface area contributed by atoms with Crippen LogP contribution in [0, 0.1) is 6.92 Å². The maximum absolute atomic E-state index is 12.3. The minimum absolute atomic E-state index is 0.0334. The van der Waals surface area contributed by atoms with E-state index in [4.69, 9.17) is 17.3 Å². The smallest absolute Gasteiger partial charge is 0.263 e. The Morgan fingerprint density at radius 2 is 2.05 bits per heavy atom. The van der Waals surface area contributed by atoms with Crippen LogP contribution in [0.25, 0.3) is 0 Å². The van der Waals surface area contributed by atoms with Gasteiger partial charge in [0.15, 0.2) is 0 Å². The first-order chi connectivity index (χ1) is 9.29. The number of nitrogens with zero attached hydrogens (tertiary/aromatic N) is 1. The summed E-state index contributed by atoms with van der Waals surface area (Å²) in [7, 11) is -3.78. The summed E-state index contributed by atoms with van der Waals surface area (Å²) >= 11 is 9.16. The lowest BCUT2D eigenvalue weighted by Gasteiger charge is -2.10. The lowest BCUT2D eigenvalue weighted by molar-refractivity contribution is 0.601. The topological polar surface area (TPSA) is 85.1 Å². The van der Waals surface area contributed by atoms with Crippen LogP contribution < -0.4 is 10.5 Å². The van der Waals surface area contributed by atoms with Gasteiger partial charge in [0.1, 0.15) is 9.50 Å². The van der Waals surface area contributed by atoms with Crippen LogP contribution in [0.15, 0.2) is 40.0 Å². The standard InChI is InChI=1S/C12H11BrClN3O2S/c1-7-4-9(6-16-12(7)13)17-20(18,19)11-3-2-8(15)5-10(11)14/h2-6,17H,15H2,1H3. The van der Waals surface area contributed by atoms with Crippen LogP contribution in [-0.2, 0) is 10.0 Å². The predicted octanol–water partition coefficient (Wildman–Crippen LogP) is 3.19. The van der Waals surface area contributed by atoms with Crippen molar-refractivity contribution < 1.29 is 8.42 Å². The van der Waals surface area contributed by atoms with E-state index in [0.717, 1.165) is 5.56 Å². The molecule has 5 nitrogen and oxygen atoms in total. The van der Waals surface area contributed by atoms with E-state index in [0.29, 0.717) is 16.0 Å². The van der Waals surface area contributed by atoms with E-state index in [9.17, 15) is 8.42 Å². The van der Waals surface area contributed by atoms with E-state index < -0.39 is 10.0 Å². The van der Waals surface area contributed by atoms with Crippen LogP contribution in [0.2, 0.25) is 5.02 Å². The third-order valence-corrected chi connectivity index (χ3v) is 5.21. The van der Waals surface area contributed by atoms with Gasteiger partial charge in [-0.05, 0) is 52.7 Å². The van der Waals surface area contributed by atoms with E-state index in [1.165, 1.54) is 24.4 Å². The summed E-state index contributed by atoms with van der Waals surface area (Å²) in [5, 5.41) is 0.0688. The first-order valence-corrected chi connectivity index (χ1v) is 8.15. The molecule has 8 heteroatoms. The first-order valence-electron chi connectivity index (χ1n) is 5.49. The molecule has 0 saturated heterocycles. The van der Waals surface area contributed by atoms with Gasteiger partial charge in [0.25, 0.3) is 10.0 Å². The third-order valence-electron chi connectivity index (χ3n) is 2.51. The maximum Gasteiger partial charge on any atom is 0.263 e. The summed E-state index contributed by atoms with van der Waals surface area (Å²) in [5.74, 6) is 0. The quantitative estimate of drug-likeness (QED) is 0.636.